The largest absolute Gasteiger partial charge is 0.444 e. The molecule has 0 unspecified atom stereocenters. The van der Waals surface area contributed by atoms with Gasteiger partial charge in [-0.25, -0.2) is 22.3 Å². The molecule has 0 spiro atoms. The lowest BCUT2D eigenvalue weighted by Crippen LogP contribution is -2.70. The first-order valence-corrected chi connectivity index (χ1v) is 12.7. The van der Waals surface area contributed by atoms with Crippen molar-refractivity contribution in [3.05, 3.63) is 59.8 Å². The summed E-state index contributed by atoms with van der Waals surface area (Å²) in [6.07, 6.45) is 1.53. The van der Waals surface area contributed by atoms with Crippen molar-refractivity contribution in [2.24, 2.45) is 5.92 Å². The number of fused-ring (bicyclic) bond motifs is 2. The maximum Gasteiger partial charge on any atom is 0.410 e. The predicted molar refractivity (Wildman–Crippen MR) is 126 cm³/mol. The maximum absolute atomic E-state index is 16.0. The van der Waals surface area contributed by atoms with Crippen molar-refractivity contribution in [2.75, 3.05) is 6.26 Å². The fourth-order valence-electron chi connectivity index (χ4n) is 4.70. The summed E-state index contributed by atoms with van der Waals surface area (Å²) in [5, 5.41) is 0. The Morgan fingerprint density at radius 1 is 1.24 bits per heavy atom. The number of hydrogen-bond donors (Lipinski definition) is 1. The average molecular weight is 480 g/mol. The molecule has 2 aliphatic heterocycles. The van der Waals surface area contributed by atoms with Crippen molar-refractivity contribution in [3.8, 4) is 11.1 Å². The van der Waals surface area contributed by atoms with Crippen LogP contribution in [0.15, 0.2) is 48.4 Å². The van der Waals surface area contributed by atoms with E-state index in [9.17, 15) is 13.2 Å². The van der Waals surface area contributed by atoms with Crippen LogP contribution in [0.2, 0.25) is 0 Å². The summed E-state index contributed by atoms with van der Waals surface area (Å²) in [7, 11) is -3.66. The minimum atomic E-state index is -3.66. The van der Waals surface area contributed by atoms with Crippen molar-refractivity contribution < 1.29 is 29.2 Å². The van der Waals surface area contributed by atoms with Crippen LogP contribution in [0, 0.1) is 11.7 Å². The van der Waals surface area contributed by atoms with Gasteiger partial charge in [0, 0.05) is 17.6 Å². The van der Waals surface area contributed by atoms with E-state index in [0.29, 0.717) is 12.8 Å². The Bertz CT molecular complexity index is 1360. The molecule has 0 aromatic heterocycles. The molecule has 1 N–H and O–H groups in total. The molecule has 178 valence electrons. The first-order chi connectivity index (χ1) is 17.5. The quantitative estimate of drug-likeness (QED) is 0.692. The number of nitrogens with one attached hydrogen (secondary N) is 1. The summed E-state index contributed by atoms with van der Waals surface area (Å²) < 4.78 is 88.9. The highest BCUT2D eigenvalue weighted by Crippen LogP contribution is 2.45. The number of ether oxygens (including phenoxy) is 1. The highest BCUT2D eigenvalue weighted by molar-refractivity contribution is 7.88. The molecule has 2 bridgehead atoms. The number of sulfonamides is 1. The molecule has 2 saturated heterocycles. The van der Waals surface area contributed by atoms with E-state index in [1.54, 1.807) is 20.8 Å². The van der Waals surface area contributed by atoms with Gasteiger partial charge in [0.25, 0.3) is 0 Å². The van der Waals surface area contributed by atoms with Crippen LogP contribution in [0.1, 0.15) is 46.0 Å². The molecule has 2 heterocycles. The molecule has 2 atom stereocenters. The third-order valence-corrected chi connectivity index (χ3v) is 6.75. The third-order valence-electron chi connectivity index (χ3n) is 6.05. The molecule has 33 heavy (non-hydrogen) atoms. The number of piperidine rings is 2. The van der Waals surface area contributed by atoms with Gasteiger partial charge in [0.2, 0.25) is 10.0 Å². The Balaban J connectivity index is 1.79. The van der Waals surface area contributed by atoms with Crippen molar-refractivity contribution in [2.45, 2.75) is 63.8 Å². The van der Waals surface area contributed by atoms with Crippen molar-refractivity contribution in [3.63, 3.8) is 0 Å². The molecule has 2 aromatic carbocycles. The number of amides is 1. The minimum absolute atomic E-state index is 0.0364. The fraction of sp³-hybridized carbons (Fsp3) is 0.480. The average Bonchev–Trinajstić information content (AvgIpc) is 2.76. The second-order valence-corrected chi connectivity index (χ2v) is 11.5. The number of carbonyl (C=O) groups is 1. The van der Waals surface area contributed by atoms with Gasteiger partial charge < -0.3 is 9.64 Å². The Hall–Kier alpha value is -2.45. The summed E-state index contributed by atoms with van der Waals surface area (Å²) in [6, 6.07) is -0.0756. The number of carbonyl (C=O) groups excluding carboxylic acids is 1. The van der Waals surface area contributed by atoms with Gasteiger partial charge in [-0.15, -0.1) is 0 Å². The summed E-state index contributed by atoms with van der Waals surface area (Å²) in [6.45, 7) is 5.18. The summed E-state index contributed by atoms with van der Waals surface area (Å²) >= 11 is 0. The van der Waals surface area contributed by atoms with Crippen LogP contribution in [-0.2, 0) is 21.2 Å². The second-order valence-electron chi connectivity index (χ2n) is 9.74. The van der Waals surface area contributed by atoms with Gasteiger partial charge in [-0.3, -0.25) is 0 Å². The lowest BCUT2D eigenvalue weighted by atomic mass is 9.67. The standard InChI is InChI=1S/C25H31FN2O4S/c1-25(2,3)32-24(29)28-19-13-18(14-19)23(27-33(4,30)31)21(28)15-17-11-8-12-20(22(17)26)16-9-6-5-7-10-16/h5-12,18-19,21,23,27H,13-15H2,1-4H3/t18?,19?,21-,23-/m0/s1/i5D,6D,7D,9D,10D. The molecule has 2 aromatic rings. The zero-order valence-corrected chi connectivity index (χ0v) is 19.8. The van der Waals surface area contributed by atoms with Crippen LogP contribution in [0.4, 0.5) is 9.18 Å². The maximum atomic E-state index is 16.0. The van der Waals surface area contributed by atoms with Gasteiger partial charge in [0.1, 0.15) is 11.4 Å². The van der Waals surface area contributed by atoms with Gasteiger partial charge in [0.05, 0.1) is 19.2 Å². The second kappa shape index (κ2) is 8.72. The SMILES string of the molecule is [2H]c1c([2H])c([2H])c(-c2cccc(C[C@H]3[C@@H](NS(C)(=O)=O)C4CC(C4)N3C(=O)OC(C)(C)C)c2F)c([2H])c1[2H]. The summed E-state index contributed by atoms with van der Waals surface area (Å²) in [4.78, 5) is 14.8. The molecule has 1 aliphatic carbocycles. The zero-order chi connectivity index (χ0) is 28.3. The Morgan fingerprint density at radius 2 is 1.91 bits per heavy atom. The van der Waals surface area contributed by atoms with E-state index in [4.69, 9.17) is 11.6 Å². The van der Waals surface area contributed by atoms with Crippen LogP contribution in [0.25, 0.3) is 11.1 Å². The van der Waals surface area contributed by atoms with Crippen molar-refractivity contribution in [1.29, 1.82) is 0 Å². The molecular formula is C25H31FN2O4S. The Kier molecular flexibility index (Phi) is 4.74. The first kappa shape index (κ1) is 18.0. The van der Waals surface area contributed by atoms with Gasteiger partial charge in [-0.05, 0) is 57.1 Å². The highest BCUT2D eigenvalue weighted by atomic mass is 32.2. The van der Waals surface area contributed by atoms with Crippen LogP contribution < -0.4 is 4.72 Å². The van der Waals surface area contributed by atoms with Gasteiger partial charge >= 0.3 is 6.09 Å². The Morgan fingerprint density at radius 3 is 2.52 bits per heavy atom. The van der Waals surface area contributed by atoms with E-state index in [-0.39, 0.29) is 35.1 Å². The van der Waals surface area contributed by atoms with Crippen LogP contribution in [0.5, 0.6) is 0 Å². The third kappa shape index (κ3) is 5.22. The van der Waals surface area contributed by atoms with Crippen molar-refractivity contribution in [1.82, 2.24) is 9.62 Å². The van der Waals surface area contributed by atoms with E-state index >= 15 is 4.39 Å². The van der Waals surface area contributed by atoms with Gasteiger partial charge in [0.15, 0.2) is 0 Å². The fourth-order valence-corrected chi connectivity index (χ4v) is 5.54. The Labute approximate surface area is 202 Å². The minimum Gasteiger partial charge on any atom is -0.444 e. The molecule has 5 rings (SSSR count). The summed E-state index contributed by atoms with van der Waals surface area (Å²) in [5.41, 5.74) is -1.11. The molecule has 6 nitrogen and oxygen atoms in total. The van der Waals surface area contributed by atoms with Gasteiger partial charge in [-0.1, -0.05) is 48.4 Å². The van der Waals surface area contributed by atoms with Gasteiger partial charge in [-0.2, -0.15) is 0 Å². The topological polar surface area (TPSA) is 75.7 Å². The number of halogens is 1. The predicted octanol–water partition coefficient (Wildman–Crippen LogP) is 4.35. The van der Waals surface area contributed by atoms with Crippen LogP contribution in [0.3, 0.4) is 0 Å². The molecule has 3 aliphatic rings. The highest BCUT2D eigenvalue weighted by Gasteiger charge is 2.54. The van der Waals surface area contributed by atoms with E-state index in [1.165, 1.54) is 23.1 Å². The molecule has 1 amide bonds. The molecule has 8 heteroatoms. The lowest BCUT2D eigenvalue weighted by molar-refractivity contribution is -0.0652. The number of hydrogen-bond acceptors (Lipinski definition) is 4. The number of rotatable bonds is 5. The van der Waals surface area contributed by atoms with E-state index in [2.05, 4.69) is 4.72 Å². The normalized spacial score (nSPS) is 26.9. The summed E-state index contributed by atoms with van der Waals surface area (Å²) in [5.74, 6) is -0.835. The first-order valence-electron chi connectivity index (χ1n) is 13.3. The number of nitrogens with zero attached hydrogens (tertiary/aromatic N) is 1. The molecular weight excluding hydrogens is 443 g/mol. The smallest absolute Gasteiger partial charge is 0.410 e. The molecule has 1 saturated carbocycles. The zero-order valence-electron chi connectivity index (χ0n) is 24.0. The van der Waals surface area contributed by atoms with E-state index < -0.39 is 69.8 Å². The molecule has 3 fully saturated rings. The lowest BCUT2D eigenvalue weighted by Gasteiger charge is -2.57. The van der Waals surface area contributed by atoms with Crippen molar-refractivity contribution >= 4 is 16.1 Å². The van der Waals surface area contributed by atoms with Crippen LogP contribution in [-0.4, -0.2) is 49.4 Å². The van der Waals surface area contributed by atoms with E-state index in [0.717, 1.165) is 6.26 Å². The monoisotopic (exact) mass is 479 g/mol. The van der Waals surface area contributed by atoms with Crippen LogP contribution >= 0.6 is 0 Å². The van der Waals surface area contributed by atoms with E-state index in [1.807, 2.05) is 0 Å². The number of benzene rings is 2. The molecule has 0 radical (unpaired) electrons.